The van der Waals surface area contributed by atoms with Crippen molar-refractivity contribution in [2.45, 2.75) is 31.6 Å². The molecular formula is C15H15Cl2NO4. The summed E-state index contributed by atoms with van der Waals surface area (Å²) in [7, 11) is 0. The molecule has 4 atom stereocenters. The van der Waals surface area contributed by atoms with Gasteiger partial charge < -0.3 is 15.2 Å². The van der Waals surface area contributed by atoms with Gasteiger partial charge in [0.1, 0.15) is 0 Å². The minimum atomic E-state index is -0.983. The molecule has 2 aliphatic heterocycles. The number of aliphatic carboxylic acids is 1. The van der Waals surface area contributed by atoms with Crippen LogP contribution in [0.25, 0.3) is 0 Å². The van der Waals surface area contributed by atoms with E-state index in [9.17, 15) is 14.7 Å². The van der Waals surface area contributed by atoms with Crippen molar-refractivity contribution in [1.82, 2.24) is 5.32 Å². The van der Waals surface area contributed by atoms with Gasteiger partial charge in [0.25, 0.3) is 0 Å². The molecular weight excluding hydrogens is 329 g/mol. The number of rotatable bonds is 4. The predicted molar refractivity (Wildman–Crippen MR) is 80.8 cm³/mol. The van der Waals surface area contributed by atoms with E-state index < -0.39 is 17.8 Å². The van der Waals surface area contributed by atoms with Gasteiger partial charge in [0.15, 0.2) is 0 Å². The van der Waals surface area contributed by atoms with Crippen molar-refractivity contribution in [1.29, 1.82) is 0 Å². The second-order valence-corrected chi connectivity index (χ2v) is 6.41. The first kappa shape index (κ1) is 15.6. The third kappa shape index (κ3) is 2.69. The smallest absolute Gasteiger partial charge is 0.310 e. The van der Waals surface area contributed by atoms with Gasteiger partial charge >= 0.3 is 5.97 Å². The summed E-state index contributed by atoms with van der Waals surface area (Å²) < 4.78 is 5.59. The number of ether oxygens (including phenoxy) is 1. The molecule has 2 saturated heterocycles. The Labute approximate surface area is 137 Å². The highest BCUT2D eigenvalue weighted by Gasteiger charge is 2.55. The monoisotopic (exact) mass is 343 g/mol. The van der Waals surface area contributed by atoms with Crippen LogP contribution in [0, 0.1) is 11.8 Å². The van der Waals surface area contributed by atoms with E-state index in [4.69, 9.17) is 27.9 Å². The van der Waals surface area contributed by atoms with Gasteiger partial charge in [0.05, 0.1) is 24.0 Å². The zero-order valence-corrected chi connectivity index (χ0v) is 13.1. The van der Waals surface area contributed by atoms with Gasteiger partial charge in [-0.15, -0.1) is 0 Å². The van der Waals surface area contributed by atoms with Crippen LogP contribution in [0.3, 0.4) is 0 Å². The maximum Gasteiger partial charge on any atom is 0.310 e. The lowest BCUT2D eigenvalue weighted by atomic mass is 9.78. The molecule has 0 aliphatic carbocycles. The molecule has 2 heterocycles. The van der Waals surface area contributed by atoms with Crippen molar-refractivity contribution < 1.29 is 19.4 Å². The molecule has 2 fully saturated rings. The fourth-order valence-electron chi connectivity index (χ4n) is 3.32. The van der Waals surface area contributed by atoms with Gasteiger partial charge in [-0.05, 0) is 25.0 Å². The molecule has 2 bridgehead atoms. The number of nitrogens with one attached hydrogen (secondary N) is 1. The average molecular weight is 344 g/mol. The Morgan fingerprint density at radius 3 is 2.36 bits per heavy atom. The van der Waals surface area contributed by atoms with E-state index in [-0.39, 0.29) is 24.7 Å². The molecule has 1 amide bonds. The molecule has 0 radical (unpaired) electrons. The lowest BCUT2D eigenvalue weighted by Gasteiger charge is -2.24. The molecule has 0 aromatic heterocycles. The van der Waals surface area contributed by atoms with E-state index >= 15 is 0 Å². The molecule has 0 saturated carbocycles. The van der Waals surface area contributed by atoms with Crippen LogP contribution in [-0.4, -0.2) is 29.2 Å². The first-order valence-electron chi connectivity index (χ1n) is 7.08. The number of carbonyl (C=O) groups is 2. The van der Waals surface area contributed by atoms with Crippen molar-refractivity contribution in [2.75, 3.05) is 0 Å². The Hall–Kier alpha value is -1.30. The Bertz CT molecular complexity index is 601. The highest BCUT2D eigenvalue weighted by Crippen LogP contribution is 2.43. The molecule has 0 spiro atoms. The number of carboxylic acids is 1. The van der Waals surface area contributed by atoms with E-state index in [0.717, 1.165) is 6.42 Å². The number of hydrogen-bond donors (Lipinski definition) is 2. The molecule has 2 N–H and O–H groups in total. The van der Waals surface area contributed by atoms with Gasteiger partial charge in [-0.1, -0.05) is 29.3 Å². The van der Waals surface area contributed by atoms with Gasteiger partial charge in [0.2, 0.25) is 5.91 Å². The first-order chi connectivity index (χ1) is 10.5. The number of carbonyl (C=O) groups excluding carboxylic acids is 1. The number of fused-ring (bicyclic) bond motifs is 2. The van der Waals surface area contributed by atoms with Crippen LogP contribution in [0.15, 0.2) is 18.2 Å². The summed E-state index contributed by atoms with van der Waals surface area (Å²) in [5.41, 5.74) is 0.620. The molecule has 2 aliphatic rings. The van der Waals surface area contributed by atoms with E-state index in [1.54, 1.807) is 18.2 Å². The highest BCUT2D eigenvalue weighted by atomic mass is 35.5. The Morgan fingerprint density at radius 1 is 1.18 bits per heavy atom. The van der Waals surface area contributed by atoms with Crippen molar-refractivity contribution in [2.24, 2.45) is 11.8 Å². The molecule has 7 heteroatoms. The Balaban J connectivity index is 1.71. The van der Waals surface area contributed by atoms with Crippen molar-refractivity contribution in [3.8, 4) is 0 Å². The molecule has 22 heavy (non-hydrogen) atoms. The van der Waals surface area contributed by atoms with Gasteiger partial charge in [-0.3, -0.25) is 9.59 Å². The zero-order chi connectivity index (χ0) is 15.9. The van der Waals surface area contributed by atoms with Gasteiger partial charge in [-0.2, -0.15) is 0 Å². The zero-order valence-electron chi connectivity index (χ0n) is 11.6. The molecule has 118 valence electrons. The third-order valence-electron chi connectivity index (χ3n) is 4.36. The quantitative estimate of drug-likeness (QED) is 0.880. The lowest BCUT2D eigenvalue weighted by molar-refractivity contribution is -0.147. The lowest BCUT2D eigenvalue weighted by Crippen LogP contribution is -2.43. The van der Waals surface area contributed by atoms with E-state index in [2.05, 4.69) is 5.32 Å². The highest BCUT2D eigenvalue weighted by molar-refractivity contribution is 6.36. The predicted octanol–water partition coefficient (Wildman–Crippen LogP) is 2.49. The van der Waals surface area contributed by atoms with E-state index in [1.165, 1.54) is 0 Å². The summed E-state index contributed by atoms with van der Waals surface area (Å²) in [6.45, 7) is 0.164. The standard InChI is InChI=1S/C15H15Cl2NO4/c16-8-2-1-3-9(17)7(8)6-18-14(19)12-10-4-5-11(22-10)13(12)15(20)21/h1-3,10-13H,4-6H2,(H,18,19)(H,20,21). The number of halogens is 2. The van der Waals surface area contributed by atoms with Crippen LogP contribution in [0.2, 0.25) is 10.0 Å². The number of benzene rings is 1. The largest absolute Gasteiger partial charge is 0.481 e. The normalized spacial score (nSPS) is 29.5. The van der Waals surface area contributed by atoms with Crippen LogP contribution >= 0.6 is 23.2 Å². The first-order valence-corrected chi connectivity index (χ1v) is 7.83. The molecule has 1 aromatic carbocycles. The SMILES string of the molecule is O=C(O)C1C2CCC(O2)C1C(=O)NCc1c(Cl)cccc1Cl. The van der Waals surface area contributed by atoms with Gasteiger partial charge in [-0.25, -0.2) is 0 Å². The second kappa shape index (κ2) is 6.07. The summed E-state index contributed by atoms with van der Waals surface area (Å²) in [5.74, 6) is -2.74. The third-order valence-corrected chi connectivity index (χ3v) is 5.07. The molecule has 1 aromatic rings. The van der Waals surface area contributed by atoms with Gasteiger partial charge in [0, 0.05) is 22.2 Å². The van der Waals surface area contributed by atoms with Crippen LogP contribution in [0.4, 0.5) is 0 Å². The summed E-state index contributed by atoms with van der Waals surface area (Å²) in [4.78, 5) is 23.8. The van der Waals surface area contributed by atoms with Crippen LogP contribution in [0.5, 0.6) is 0 Å². The van der Waals surface area contributed by atoms with Crippen LogP contribution in [-0.2, 0) is 20.9 Å². The average Bonchev–Trinajstić information content (AvgIpc) is 3.06. The van der Waals surface area contributed by atoms with E-state index in [1.807, 2.05) is 0 Å². The fourth-order valence-corrected chi connectivity index (χ4v) is 3.85. The summed E-state index contributed by atoms with van der Waals surface area (Å²) in [6.07, 6.45) is 0.746. The maximum absolute atomic E-state index is 12.4. The molecule has 4 unspecified atom stereocenters. The fraction of sp³-hybridized carbons (Fsp3) is 0.467. The molecule has 3 rings (SSSR count). The number of amides is 1. The van der Waals surface area contributed by atoms with Crippen LogP contribution < -0.4 is 5.32 Å². The summed E-state index contributed by atoms with van der Waals surface area (Å²) in [5, 5.41) is 13.0. The number of hydrogen-bond acceptors (Lipinski definition) is 3. The van der Waals surface area contributed by atoms with E-state index in [0.29, 0.717) is 22.0 Å². The molecule has 5 nitrogen and oxygen atoms in total. The van der Waals surface area contributed by atoms with Crippen LogP contribution in [0.1, 0.15) is 18.4 Å². The Kier molecular flexibility index (Phi) is 4.30. The summed E-state index contributed by atoms with van der Waals surface area (Å²) in [6, 6.07) is 5.10. The van der Waals surface area contributed by atoms with Crippen molar-refractivity contribution >= 4 is 35.1 Å². The minimum Gasteiger partial charge on any atom is -0.481 e. The summed E-state index contributed by atoms with van der Waals surface area (Å²) >= 11 is 12.1. The maximum atomic E-state index is 12.4. The minimum absolute atomic E-state index is 0.164. The topological polar surface area (TPSA) is 75.6 Å². The van der Waals surface area contributed by atoms with Crippen molar-refractivity contribution in [3.63, 3.8) is 0 Å². The Morgan fingerprint density at radius 2 is 1.77 bits per heavy atom. The number of carboxylic acid groups (broad SMARTS) is 1. The van der Waals surface area contributed by atoms with Crippen molar-refractivity contribution in [3.05, 3.63) is 33.8 Å². The second-order valence-electron chi connectivity index (χ2n) is 5.60.